The molecule has 0 bridgehead atoms. The standard InChI is InChI=1S/C18H21NO5S2/c1-4-24-18(21)17-12(3)10-16(25-17)19-15(20)11-13-6-8-14(9-7-13)26(22,23)5-2/h6-10H,4-5,11H2,1-3H3,(H,19,20). The number of carbonyl (C=O) groups is 2. The first-order valence-corrected chi connectivity index (χ1v) is 10.6. The summed E-state index contributed by atoms with van der Waals surface area (Å²) in [5.41, 5.74) is 1.45. The highest BCUT2D eigenvalue weighted by Gasteiger charge is 2.16. The minimum absolute atomic E-state index is 0.0351. The molecule has 0 spiro atoms. The smallest absolute Gasteiger partial charge is 0.348 e. The summed E-state index contributed by atoms with van der Waals surface area (Å²) in [5.74, 6) is -0.608. The summed E-state index contributed by atoms with van der Waals surface area (Å²) in [6, 6.07) is 8.01. The fraction of sp³-hybridized carbons (Fsp3) is 0.333. The largest absolute Gasteiger partial charge is 0.462 e. The number of esters is 1. The summed E-state index contributed by atoms with van der Waals surface area (Å²) in [5, 5.41) is 3.33. The molecule has 0 radical (unpaired) electrons. The number of aryl methyl sites for hydroxylation is 1. The first-order chi connectivity index (χ1) is 12.3. The van der Waals surface area contributed by atoms with Crippen LogP contribution in [0.5, 0.6) is 0 Å². The van der Waals surface area contributed by atoms with E-state index in [-0.39, 0.29) is 23.0 Å². The number of nitrogens with one attached hydrogen (secondary N) is 1. The number of hydrogen-bond donors (Lipinski definition) is 1. The number of rotatable bonds is 7. The Morgan fingerprint density at radius 3 is 2.38 bits per heavy atom. The van der Waals surface area contributed by atoms with Gasteiger partial charge in [-0.05, 0) is 43.2 Å². The molecule has 1 heterocycles. The topological polar surface area (TPSA) is 89.5 Å². The van der Waals surface area contributed by atoms with Gasteiger partial charge in [0.05, 0.1) is 28.7 Å². The Bertz CT molecular complexity index is 898. The minimum atomic E-state index is -3.25. The highest BCUT2D eigenvalue weighted by atomic mass is 32.2. The van der Waals surface area contributed by atoms with E-state index < -0.39 is 15.8 Å². The Hall–Kier alpha value is -2.19. The SMILES string of the molecule is CCOC(=O)c1sc(NC(=O)Cc2ccc(S(=O)(=O)CC)cc2)cc1C. The average Bonchev–Trinajstić information content (AvgIpc) is 2.95. The van der Waals surface area contributed by atoms with Crippen molar-refractivity contribution in [3.05, 3.63) is 46.3 Å². The van der Waals surface area contributed by atoms with Crippen molar-refractivity contribution in [3.8, 4) is 0 Å². The maximum atomic E-state index is 12.2. The van der Waals surface area contributed by atoms with Crippen molar-refractivity contribution < 1.29 is 22.7 Å². The number of thiophene rings is 1. The summed E-state index contributed by atoms with van der Waals surface area (Å²) < 4.78 is 28.6. The summed E-state index contributed by atoms with van der Waals surface area (Å²) in [7, 11) is -3.25. The molecule has 0 fully saturated rings. The van der Waals surface area contributed by atoms with Crippen molar-refractivity contribution >= 4 is 38.1 Å². The van der Waals surface area contributed by atoms with Crippen molar-refractivity contribution in [1.82, 2.24) is 0 Å². The lowest BCUT2D eigenvalue weighted by atomic mass is 10.1. The number of anilines is 1. The molecule has 0 saturated carbocycles. The van der Waals surface area contributed by atoms with Gasteiger partial charge in [-0.15, -0.1) is 11.3 Å². The number of sulfone groups is 1. The molecule has 8 heteroatoms. The van der Waals surface area contributed by atoms with Gasteiger partial charge in [-0.3, -0.25) is 4.79 Å². The molecular weight excluding hydrogens is 374 g/mol. The van der Waals surface area contributed by atoms with Crippen molar-refractivity contribution in [2.24, 2.45) is 0 Å². The minimum Gasteiger partial charge on any atom is -0.462 e. The molecule has 0 aliphatic heterocycles. The van der Waals surface area contributed by atoms with Crippen LogP contribution in [0.15, 0.2) is 35.2 Å². The van der Waals surface area contributed by atoms with Crippen LogP contribution in [-0.4, -0.2) is 32.7 Å². The van der Waals surface area contributed by atoms with Gasteiger partial charge in [0, 0.05) is 0 Å². The number of amides is 1. The highest BCUT2D eigenvalue weighted by Crippen LogP contribution is 2.27. The van der Waals surface area contributed by atoms with Gasteiger partial charge < -0.3 is 10.1 Å². The molecule has 1 amide bonds. The van der Waals surface area contributed by atoms with Crippen molar-refractivity contribution in [2.75, 3.05) is 17.7 Å². The quantitative estimate of drug-likeness (QED) is 0.727. The maximum Gasteiger partial charge on any atom is 0.348 e. The molecule has 1 aromatic heterocycles. The lowest BCUT2D eigenvalue weighted by molar-refractivity contribution is -0.115. The monoisotopic (exact) mass is 395 g/mol. The molecule has 2 aromatic rings. The van der Waals surface area contributed by atoms with Crippen LogP contribution in [0.25, 0.3) is 0 Å². The van der Waals surface area contributed by atoms with Crippen LogP contribution in [0.1, 0.15) is 34.6 Å². The maximum absolute atomic E-state index is 12.2. The Labute approximate surface area is 157 Å². The van der Waals surface area contributed by atoms with Crippen LogP contribution in [0, 0.1) is 6.92 Å². The molecule has 6 nitrogen and oxygen atoms in total. The fourth-order valence-corrected chi connectivity index (χ4v) is 4.16. The van der Waals surface area contributed by atoms with E-state index in [0.717, 1.165) is 5.56 Å². The number of ether oxygens (including phenoxy) is 1. The molecule has 0 aliphatic carbocycles. The summed E-state index contributed by atoms with van der Waals surface area (Å²) in [6.45, 7) is 5.40. The van der Waals surface area contributed by atoms with E-state index in [9.17, 15) is 18.0 Å². The van der Waals surface area contributed by atoms with Gasteiger partial charge in [0.25, 0.3) is 0 Å². The van der Waals surface area contributed by atoms with E-state index in [1.807, 2.05) is 0 Å². The average molecular weight is 396 g/mol. The first kappa shape index (κ1) is 20.1. The third-order valence-corrected chi connectivity index (χ3v) is 6.55. The second-order valence-electron chi connectivity index (χ2n) is 5.62. The lowest BCUT2D eigenvalue weighted by Crippen LogP contribution is -2.13. The third-order valence-electron chi connectivity index (χ3n) is 3.67. The summed E-state index contributed by atoms with van der Waals surface area (Å²) >= 11 is 1.17. The normalized spacial score (nSPS) is 11.2. The van der Waals surface area contributed by atoms with Gasteiger partial charge in [0.2, 0.25) is 5.91 Å². The van der Waals surface area contributed by atoms with Crippen LogP contribution in [-0.2, 0) is 25.8 Å². The van der Waals surface area contributed by atoms with Gasteiger partial charge in [-0.1, -0.05) is 19.1 Å². The van der Waals surface area contributed by atoms with Crippen molar-refractivity contribution in [2.45, 2.75) is 32.1 Å². The molecule has 0 aliphatic rings. The number of benzene rings is 1. The molecule has 0 saturated heterocycles. The van der Waals surface area contributed by atoms with Crippen LogP contribution in [0.4, 0.5) is 5.00 Å². The van der Waals surface area contributed by atoms with E-state index in [0.29, 0.717) is 22.0 Å². The van der Waals surface area contributed by atoms with E-state index >= 15 is 0 Å². The molecule has 1 aromatic carbocycles. The van der Waals surface area contributed by atoms with Gasteiger partial charge in [0.15, 0.2) is 9.84 Å². The van der Waals surface area contributed by atoms with Crippen molar-refractivity contribution in [3.63, 3.8) is 0 Å². The Morgan fingerprint density at radius 1 is 1.15 bits per heavy atom. The van der Waals surface area contributed by atoms with E-state index in [1.54, 1.807) is 39.0 Å². The molecule has 0 atom stereocenters. The predicted molar refractivity (Wildman–Crippen MR) is 102 cm³/mol. The molecule has 140 valence electrons. The van der Waals surface area contributed by atoms with Gasteiger partial charge in [0.1, 0.15) is 4.88 Å². The zero-order chi connectivity index (χ0) is 19.3. The van der Waals surface area contributed by atoms with Gasteiger partial charge in [-0.2, -0.15) is 0 Å². The van der Waals surface area contributed by atoms with Crippen LogP contribution >= 0.6 is 11.3 Å². The molecule has 2 rings (SSSR count). The fourth-order valence-electron chi connectivity index (χ4n) is 2.29. The van der Waals surface area contributed by atoms with Crippen molar-refractivity contribution in [1.29, 1.82) is 0 Å². The van der Waals surface area contributed by atoms with Gasteiger partial charge in [-0.25, -0.2) is 13.2 Å². The summed E-state index contributed by atoms with van der Waals surface area (Å²) in [6.07, 6.45) is 0.109. The Morgan fingerprint density at radius 2 is 1.81 bits per heavy atom. The predicted octanol–water partition coefficient (Wildman–Crippen LogP) is 3.21. The first-order valence-electron chi connectivity index (χ1n) is 8.16. The highest BCUT2D eigenvalue weighted by molar-refractivity contribution is 7.91. The van der Waals surface area contributed by atoms with Gasteiger partial charge >= 0.3 is 5.97 Å². The second kappa shape index (κ2) is 8.46. The van der Waals surface area contributed by atoms with Crippen LogP contribution in [0.2, 0.25) is 0 Å². The molecule has 0 unspecified atom stereocenters. The summed E-state index contributed by atoms with van der Waals surface area (Å²) in [4.78, 5) is 24.7. The van der Waals surface area contributed by atoms with Crippen LogP contribution < -0.4 is 5.32 Å². The van der Waals surface area contributed by atoms with E-state index in [4.69, 9.17) is 4.74 Å². The van der Waals surface area contributed by atoms with Crippen LogP contribution in [0.3, 0.4) is 0 Å². The Kier molecular flexibility index (Phi) is 6.55. The van der Waals surface area contributed by atoms with E-state index in [2.05, 4.69) is 5.32 Å². The number of hydrogen-bond acceptors (Lipinski definition) is 6. The second-order valence-corrected chi connectivity index (χ2v) is 8.95. The molecule has 1 N–H and O–H groups in total. The zero-order valence-corrected chi connectivity index (χ0v) is 16.5. The zero-order valence-electron chi connectivity index (χ0n) is 14.9. The Balaban J connectivity index is 2.03. The lowest BCUT2D eigenvalue weighted by Gasteiger charge is -2.05. The van der Waals surface area contributed by atoms with E-state index in [1.165, 1.54) is 23.5 Å². The third kappa shape index (κ3) is 4.92. The number of carbonyl (C=O) groups excluding carboxylic acids is 2. The molecular formula is C18H21NO5S2. The molecule has 26 heavy (non-hydrogen) atoms.